The summed E-state index contributed by atoms with van der Waals surface area (Å²) in [5, 5.41) is 10.0. The Labute approximate surface area is 250 Å². The van der Waals surface area contributed by atoms with Crippen molar-refractivity contribution in [1.82, 2.24) is 24.6 Å². The predicted molar refractivity (Wildman–Crippen MR) is 167 cm³/mol. The molecule has 2 unspecified atom stereocenters. The highest BCUT2D eigenvalue weighted by atomic mass is 16.6. The normalized spacial score (nSPS) is 18.9. The van der Waals surface area contributed by atoms with E-state index in [9.17, 15) is 4.79 Å². The van der Waals surface area contributed by atoms with E-state index in [-0.39, 0.29) is 18.0 Å². The van der Waals surface area contributed by atoms with Gasteiger partial charge in [0.2, 0.25) is 0 Å². The molecule has 2 aliphatic heterocycles. The molecule has 43 heavy (non-hydrogen) atoms. The highest BCUT2D eigenvalue weighted by Gasteiger charge is 2.35. The Bertz CT molecular complexity index is 1800. The predicted octanol–water partition coefficient (Wildman–Crippen LogP) is 4.85. The minimum absolute atomic E-state index is 0.0583. The van der Waals surface area contributed by atoms with Crippen LogP contribution in [0.25, 0.3) is 21.8 Å². The molecule has 2 fully saturated rings. The number of carbonyl (C=O) groups excluding carboxylic acids is 1. The molecule has 218 valence electrons. The van der Waals surface area contributed by atoms with Crippen molar-refractivity contribution in [3.8, 4) is 0 Å². The third kappa shape index (κ3) is 6.19. The smallest absolute Gasteiger partial charge is 0.159 e. The van der Waals surface area contributed by atoms with Crippen molar-refractivity contribution in [3.63, 3.8) is 0 Å². The van der Waals surface area contributed by atoms with E-state index >= 15 is 0 Å². The second-order valence-corrected chi connectivity index (χ2v) is 11.3. The third-order valence-corrected chi connectivity index (χ3v) is 8.10. The maximum absolute atomic E-state index is 12.8. The fourth-order valence-corrected chi connectivity index (χ4v) is 6.00. The van der Waals surface area contributed by atoms with E-state index < -0.39 is 0 Å². The van der Waals surface area contributed by atoms with Crippen LogP contribution in [0.1, 0.15) is 16.7 Å². The molecule has 0 spiro atoms. The summed E-state index contributed by atoms with van der Waals surface area (Å²) >= 11 is 0. The molecule has 9 heteroatoms. The molecule has 1 N–H and O–H groups in total. The van der Waals surface area contributed by atoms with Gasteiger partial charge in [0.1, 0.15) is 12.1 Å². The number of hydrogen-bond acceptors (Lipinski definition) is 8. The number of nitrogens with zero attached hydrogens (tertiary/aromatic N) is 5. The molecular formula is C34H34N6O3. The number of fused-ring (bicyclic) bond motifs is 3. The quantitative estimate of drug-likeness (QED) is 0.250. The zero-order valence-corrected chi connectivity index (χ0v) is 24.1. The Morgan fingerprint density at radius 2 is 1.86 bits per heavy atom. The number of nitrogens with one attached hydrogen (secondary N) is 1. The summed E-state index contributed by atoms with van der Waals surface area (Å²) in [6.07, 6.45) is 7.67. The standard InChI is InChI=1S/C34H34N6O3/c1-23-4-2-5-25(14-23)19-40-31-10-8-27(17-26(31)18-37-40)38-34-29-16-24(7-9-30(29)35-22-36-34)15-28(41)6-3-11-39-20-32-33(21-39)43-13-12-42-32/h2-10,14,16-18,22,32-33H,11-13,15,19-21H2,1H3,(H,35,36,38)/b6-3+. The van der Waals surface area contributed by atoms with Crippen molar-refractivity contribution in [1.29, 1.82) is 0 Å². The van der Waals surface area contributed by atoms with Gasteiger partial charge in [0.15, 0.2) is 5.78 Å². The van der Waals surface area contributed by atoms with Crippen LogP contribution < -0.4 is 5.32 Å². The van der Waals surface area contributed by atoms with E-state index in [4.69, 9.17) is 9.47 Å². The number of aryl methyl sites for hydroxylation is 1. The minimum atomic E-state index is 0.0583. The van der Waals surface area contributed by atoms with Gasteiger partial charge in [-0.05, 0) is 54.5 Å². The molecule has 3 aromatic carbocycles. The molecule has 0 aliphatic carbocycles. The Morgan fingerprint density at radius 1 is 1.00 bits per heavy atom. The average molecular weight is 575 g/mol. The van der Waals surface area contributed by atoms with Crippen LogP contribution in [0.2, 0.25) is 0 Å². The molecule has 2 aliphatic rings. The number of aromatic nitrogens is 4. The number of likely N-dealkylation sites (tertiary alicyclic amines) is 1. The Kier molecular flexibility index (Phi) is 7.67. The lowest BCUT2D eigenvalue weighted by Crippen LogP contribution is -2.36. The number of hydrogen-bond donors (Lipinski definition) is 1. The van der Waals surface area contributed by atoms with Gasteiger partial charge in [0, 0.05) is 42.5 Å². The first-order valence-electron chi connectivity index (χ1n) is 14.7. The van der Waals surface area contributed by atoms with E-state index in [0.29, 0.717) is 38.5 Å². The maximum Gasteiger partial charge on any atom is 0.159 e. The van der Waals surface area contributed by atoms with Crippen LogP contribution in [0.5, 0.6) is 0 Å². The first-order valence-corrected chi connectivity index (χ1v) is 14.7. The van der Waals surface area contributed by atoms with Crippen LogP contribution in [0.3, 0.4) is 0 Å². The van der Waals surface area contributed by atoms with Gasteiger partial charge in [-0.2, -0.15) is 5.10 Å². The monoisotopic (exact) mass is 574 g/mol. The molecule has 7 rings (SSSR count). The summed E-state index contributed by atoms with van der Waals surface area (Å²) in [4.78, 5) is 24.0. The van der Waals surface area contributed by atoms with Gasteiger partial charge in [0.25, 0.3) is 0 Å². The second-order valence-electron chi connectivity index (χ2n) is 11.3. The fraction of sp³-hybridized carbons (Fsp3) is 0.294. The molecule has 2 saturated heterocycles. The SMILES string of the molecule is Cc1cccc(Cn2ncc3cc(Nc4ncnc5ccc(CC(=O)/C=C/CN6CC7OCCOC7C6)cc45)ccc32)c1. The van der Waals surface area contributed by atoms with Crippen molar-refractivity contribution < 1.29 is 14.3 Å². The topological polar surface area (TPSA) is 94.4 Å². The molecule has 5 aromatic rings. The number of rotatable bonds is 9. The van der Waals surface area contributed by atoms with Gasteiger partial charge < -0.3 is 14.8 Å². The lowest BCUT2D eigenvalue weighted by Gasteiger charge is -2.24. The summed E-state index contributed by atoms with van der Waals surface area (Å²) < 4.78 is 13.6. The summed E-state index contributed by atoms with van der Waals surface area (Å²) in [6.45, 7) is 6.53. The van der Waals surface area contributed by atoms with Gasteiger partial charge in [-0.15, -0.1) is 0 Å². The van der Waals surface area contributed by atoms with Gasteiger partial charge in [0.05, 0.1) is 49.2 Å². The number of anilines is 2. The third-order valence-electron chi connectivity index (χ3n) is 8.10. The van der Waals surface area contributed by atoms with E-state index in [1.54, 1.807) is 12.4 Å². The Hall–Kier alpha value is -4.44. The molecule has 2 atom stereocenters. The van der Waals surface area contributed by atoms with E-state index in [2.05, 4.69) is 68.6 Å². The first kappa shape index (κ1) is 27.4. The maximum atomic E-state index is 12.8. The fourth-order valence-electron chi connectivity index (χ4n) is 6.00. The molecule has 0 amide bonds. The van der Waals surface area contributed by atoms with E-state index in [0.717, 1.165) is 46.1 Å². The van der Waals surface area contributed by atoms with Crippen LogP contribution in [0.4, 0.5) is 11.5 Å². The van der Waals surface area contributed by atoms with Gasteiger partial charge in [-0.25, -0.2) is 9.97 Å². The van der Waals surface area contributed by atoms with Crippen LogP contribution >= 0.6 is 0 Å². The van der Waals surface area contributed by atoms with Crippen molar-refractivity contribution in [2.24, 2.45) is 0 Å². The molecule has 9 nitrogen and oxygen atoms in total. The van der Waals surface area contributed by atoms with E-state index in [1.165, 1.54) is 11.1 Å². The first-order chi connectivity index (χ1) is 21.1. The molecule has 0 radical (unpaired) electrons. The number of ether oxygens (including phenoxy) is 2. The number of allylic oxidation sites excluding steroid dienone is 1. The van der Waals surface area contributed by atoms with Crippen molar-refractivity contribution in [3.05, 3.63) is 102 Å². The van der Waals surface area contributed by atoms with Crippen LogP contribution in [0, 0.1) is 6.92 Å². The highest BCUT2D eigenvalue weighted by Crippen LogP contribution is 2.27. The van der Waals surface area contributed by atoms with Crippen LogP contribution in [-0.2, 0) is 27.2 Å². The highest BCUT2D eigenvalue weighted by molar-refractivity contribution is 5.95. The molecule has 0 bridgehead atoms. The van der Waals surface area contributed by atoms with Gasteiger partial charge in [-0.3, -0.25) is 14.4 Å². The van der Waals surface area contributed by atoms with Crippen LogP contribution in [-0.4, -0.2) is 75.5 Å². The average Bonchev–Trinajstić information content (AvgIpc) is 3.61. The number of benzene rings is 3. The second kappa shape index (κ2) is 12.0. The largest absolute Gasteiger partial charge is 0.372 e. The lowest BCUT2D eigenvalue weighted by atomic mass is 10.1. The molecule has 0 saturated carbocycles. The Morgan fingerprint density at radius 3 is 2.70 bits per heavy atom. The molecule has 2 aromatic heterocycles. The van der Waals surface area contributed by atoms with Crippen molar-refractivity contribution in [2.45, 2.75) is 32.1 Å². The zero-order chi connectivity index (χ0) is 29.2. The van der Waals surface area contributed by atoms with Gasteiger partial charge in [-0.1, -0.05) is 42.0 Å². The van der Waals surface area contributed by atoms with Crippen molar-refractivity contribution in [2.75, 3.05) is 38.2 Å². The molecule has 4 heterocycles. The summed E-state index contributed by atoms with van der Waals surface area (Å²) in [5.41, 5.74) is 6.17. The van der Waals surface area contributed by atoms with Crippen LogP contribution in [0.15, 0.2) is 85.3 Å². The summed E-state index contributed by atoms with van der Waals surface area (Å²) in [6, 6.07) is 20.6. The molecular weight excluding hydrogens is 540 g/mol. The van der Waals surface area contributed by atoms with E-state index in [1.807, 2.05) is 41.2 Å². The summed E-state index contributed by atoms with van der Waals surface area (Å²) in [7, 11) is 0. The lowest BCUT2D eigenvalue weighted by molar-refractivity contribution is -0.116. The number of ketones is 1. The van der Waals surface area contributed by atoms with Crippen molar-refractivity contribution >= 4 is 39.1 Å². The zero-order valence-electron chi connectivity index (χ0n) is 24.1. The summed E-state index contributed by atoms with van der Waals surface area (Å²) in [5.74, 6) is 0.754. The number of carbonyl (C=O) groups is 1. The Balaban J connectivity index is 1.02. The van der Waals surface area contributed by atoms with Gasteiger partial charge >= 0.3 is 0 Å². The minimum Gasteiger partial charge on any atom is -0.372 e.